The molecule has 17 heavy (non-hydrogen) atoms. The van der Waals surface area contributed by atoms with Crippen molar-refractivity contribution in [3.63, 3.8) is 0 Å². The van der Waals surface area contributed by atoms with Crippen molar-refractivity contribution >= 4 is 41.6 Å². The fourth-order valence-electron chi connectivity index (χ4n) is 1.59. The average Bonchev–Trinajstić information content (AvgIpc) is 2.27. The molecule has 5 heteroatoms. The fraction of sp³-hybridized carbons (Fsp3) is 0. The molecule has 0 bridgehead atoms. The molecule has 0 fully saturated rings. The summed E-state index contributed by atoms with van der Waals surface area (Å²) in [6.07, 6.45) is 0. The molecule has 0 aliphatic rings. The van der Waals surface area contributed by atoms with Gasteiger partial charge in [0.25, 0.3) is 0 Å². The Morgan fingerprint density at radius 2 is 1.18 bits per heavy atom. The van der Waals surface area contributed by atoms with E-state index in [9.17, 15) is 9.59 Å². The number of carboxylic acids is 2. The molecular weight excluding hydrogens is 215 g/mol. The molecule has 0 aromatic heterocycles. The molecule has 2 aromatic carbocycles. The van der Waals surface area contributed by atoms with Crippen molar-refractivity contribution in [3.8, 4) is 0 Å². The molecule has 0 radical (unpaired) electrons. The van der Waals surface area contributed by atoms with Crippen LogP contribution in [-0.2, 0) is 0 Å². The van der Waals surface area contributed by atoms with Crippen LogP contribution >= 0.6 is 0 Å². The standard InChI is InChI=1S/C12H8O4.Li.H/c13-11(14)9-5-7-3-1-2-4-8(7)6-10(9)12(15)16;;/h1-6H,(H,13,14)(H,15,16);;. The van der Waals surface area contributed by atoms with Crippen LogP contribution in [0.3, 0.4) is 0 Å². The molecule has 0 unspecified atom stereocenters. The summed E-state index contributed by atoms with van der Waals surface area (Å²) in [6.45, 7) is 0. The van der Waals surface area contributed by atoms with Crippen molar-refractivity contribution in [2.24, 2.45) is 0 Å². The van der Waals surface area contributed by atoms with Crippen LogP contribution < -0.4 is 0 Å². The molecule has 0 atom stereocenters. The number of rotatable bonds is 2. The van der Waals surface area contributed by atoms with Gasteiger partial charge in [0.15, 0.2) is 0 Å². The Bertz CT molecular complexity index is 540. The van der Waals surface area contributed by atoms with Gasteiger partial charge in [0.2, 0.25) is 0 Å². The summed E-state index contributed by atoms with van der Waals surface area (Å²) in [6, 6.07) is 9.78. The average molecular weight is 224 g/mol. The van der Waals surface area contributed by atoms with Crippen molar-refractivity contribution in [1.29, 1.82) is 0 Å². The number of benzene rings is 2. The van der Waals surface area contributed by atoms with E-state index in [2.05, 4.69) is 0 Å². The molecule has 82 valence electrons. The third-order valence-corrected chi connectivity index (χ3v) is 2.35. The SMILES string of the molecule is O=C(O)c1cc2ccccc2cc1C(=O)O.[LiH]. The molecule has 0 saturated carbocycles. The summed E-state index contributed by atoms with van der Waals surface area (Å²) in [5, 5.41) is 19.2. The van der Waals surface area contributed by atoms with Crippen LogP contribution in [-0.4, -0.2) is 41.0 Å². The Morgan fingerprint density at radius 1 is 0.824 bits per heavy atom. The van der Waals surface area contributed by atoms with E-state index in [1.807, 2.05) is 0 Å². The number of carbonyl (C=O) groups is 2. The van der Waals surface area contributed by atoms with Crippen molar-refractivity contribution in [2.45, 2.75) is 0 Å². The second-order valence-corrected chi connectivity index (χ2v) is 3.36. The molecule has 0 saturated heterocycles. The predicted octanol–water partition coefficient (Wildman–Crippen LogP) is 1.59. The predicted molar refractivity (Wildman–Crippen MR) is 65.0 cm³/mol. The van der Waals surface area contributed by atoms with Gasteiger partial charge in [0, 0.05) is 0 Å². The van der Waals surface area contributed by atoms with E-state index in [1.165, 1.54) is 12.1 Å². The van der Waals surface area contributed by atoms with Crippen LogP contribution in [0.5, 0.6) is 0 Å². The van der Waals surface area contributed by atoms with Gasteiger partial charge in [-0.3, -0.25) is 0 Å². The van der Waals surface area contributed by atoms with E-state index in [4.69, 9.17) is 10.2 Å². The van der Waals surface area contributed by atoms with Gasteiger partial charge in [-0.15, -0.1) is 0 Å². The fourth-order valence-corrected chi connectivity index (χ4v) is 1.59. The maximum absolute atomic E-state index is 10.9. The second kappa shape index (κ2) is 5.05. The maximum atomic E-state index is 10.9. The molecule has 0 spiro atoms. The number of fused-ring (bicyclic) bond motifs is 1. The molecule has 0 aliphatic carbocycles. The topological polar surface area (TPSA) is 74.6 Å². The molecule has 4 nitrogen and oxygen atoms in total. The van der Waals surface area contributed by atoms with Gasteiger partial charge < -0.3 is 10.2 Å². The minimum atomic E-state index is -1.23. The zero-order chi connectivity index (χ0) is 11.7. The van der Waals surface area contributed by atoms with Crippen molar-refractivity contribution in [1.82, 2.24) is 0 Å². The number of hydrogen-bond acceptors (Lipinski definition) is 2. The summed E-state index contributed by atoms with van der Waals surface area (Å²) in [5.74, 6) is -2.47. The Labute approximate surface area is 109 Å². The van der Waals surface area contributed by atoms with Crippen molar-refractivity contribution in [3.05, 3.63) is 47.5 Å². The van der Waals surface area contributed by atoms with Gasteiger partial charge in [0.1, 0.15) is 0 Å². The van der Waals surface area contributed by atoms with Gasteiger partial charge in [-0.25, -0.2) is 9.59 Å². The van der Waals surface area contributed by atoms with Gasteiger partial charge in [-0.2, -0.15) is 0 Å². The molecule has 0 amide bonds. The first-order chi connectivity index (χ1) is 7.59. The summed E-state index contributed by atoms with van der Waals surface area (Å²) < 4.78 is 0. The third kappa shape index (κ3) is 2.49. The normalized spacial score (nSPS) is 9.65. The number of hydrogen-bond donors (Lipinski definition) is 2. The zero-order valence-corrected chi connectivity index (χ0v) is 8.18. The Kier molecular flexibility index (Phi) is 3.95. The minimum absolute atomic E-state index is 0. The Hall–Kier alpha value is -1.76. The van der Waals surface area contributed by atoms with E-state index in [0.29, 0.717) is 10.8 Å². The van der Waals surface area contributed by atoms with Crippen LogP contribution in [0.2, 0.25) is 0 Å². The van der Waals surface area contributed by atoms with Crippen LogP contribution in [0.25, 0.3) is 10.8 Å². The van der Waals surface area contributed by atoms with Crippen LogP contribution in [0.15, 0.2) is 36.4 Å². The first-order valence-electron chi connectivity index (χ1n) is 4.59. The van der Waals surface area contributed by atoms with E-state index in [-0.39, 0.29) is 30.0 Å². The van der Waals surface area contributed by atoms with Gasteiger partial charge in [0.05, 0.1) is 11.1 Å². The van der Waals surface area contributed by atoms with Crippen LogP contribution in [0, 0.1) is 0 Å². The van der Waals surface area contributed by atoms with Gasteiger partial charge in [-0.1, -0.05) is 24.3 Å². The second-order valence-electron chi connectivity index (χ2n) is 3.36. The quantitative estimate of drug-likeness (QED) is 0.759. The Morgan fingerprint density at radius 3 is 1.47 bits per heavy atom. The first kappa shape index (κ1) is 13.3. The number of aromatic carboxylic acids is 2. The summed E-state index contributed by atoms with van der Waals surface area (Å²) in [5.41, 5.74) is -0.377. The molecule has 0 aliphatic heterocycles. The first-order valence-corrected chi connectivity index (χ1v) is 4.59. The summed E-state index contributed by atoms with van der Waals surface area (Å²) in [4.78, 5) is 21.8. The number of carboxylic acid groups (broad SMARTS) is 2. The Balaban J connectivity index is 0.00000144. The van der Waals surface area contributed by atoms with Gasteiger partial charge >= 0.3 is 30.8 Å². The van der Waals surface area contributed by atoms with Crippen LogP contribution in [0.4, 0.5) is 0 Å². The van der Waals surface area contributed by atoms with Crippen LogP contribution in [0.1, 0.15) is 20.7 Å². The molecule has 0 heterocycles. The third-order valence-electron chi connectivity index (χ3n) is 2.35. The molecule has 2 rings (SSSR count). The molecule has 2 aromatic rings. The van der Waals surface area contributed by atoms with E-state index in [1.54, 1.807) is 24.3 Å². The van der Waals surface area contributed by atoms with Crippen molar-refractivity contribution < 1.29 is 19.8 Å². The van der Waals surface area contributed by atoms with E-state index in [0.717, 1.165) is 0 Å². The summed E-state index contributed by atoms with van der Waals surface area (Å²) in [7, 11) is 0. The monoisotopic (exact) mass is 224 g/mol. The van der Waals surface area contributed by atoms with Gasteiger partial charge in [-0.05, 0) is 22.9 Å². The van der Waals surface area contributed by atoms with E-state index >= 15 is 0 Å². The van der Waals surface area contributed by atoms with E-state index < -0.39 is 11.9 Å². The summed E-state index contributed by atoms with van der Waals surface area (Å²) >= 11 is 0. The zero-order valence-electron chi connectivity index (χ0n) is 8.18. The molecule has 2 N–H and O–H groups in total. The molecular formula is C12H9LiO4. The van der Waals surface area contributed by atoms with Crippen molar-refractivity contribution in [2.75, 3.05) is 0 Å².